The smallest absolute Gasteiger partial charge is 0.327 e. The standard InChI is InChI=1S/C10H17F3N4/c1-2-5-17-9(15-7-16-17)6-8(14)3-4-10(11,12)13/h7-8H,2-6,14H2,1H3. The number of hydrogen-bond donors (Lipinski definition) is 1. The molecule has 1 unspecified atom stereocenters. The molecule has 1 aromatic heterocycles. The minimum atomic E-state index is -4.14. The zero-order valence-corrected chi connectivity index (χ0v) is 9.74. The number of halogens is 3. The quantitative estimate of drug-likeness (QED) is 0.839. The maximum atomic E-state index is 12.0. The number of hydrogen-bond acceptors (Lipinski definition) is 3. The Labute approximate surface area is 98.0 Å². The fourth-order valence-electron chi connectivity index (χ4n) is 1.53. The first-order valence-electron chi connectivity index (χ1n) is 5.61. The highest BCUT2D eigenvalue weighted by Crippen LogP contribution is 2.22. The highest BCUT2D eigenvalue weighted by atomic mass is 19.4. The van der Waals surface area contributed by atoms with Crippen LogP contribution in [0.4, 0.5) is 13.2 Å². The predicted molar refractivity (Wildman–Crippen MR) is 57.3 cm³/mol. The average molecular weight is 250 g/mol. The third-order valence-corrected chi connectivity index (χ3v) is 2.37. The van der Waals surface area contributed by atoms with Crippen molar-refractivity contribution in [3.8, 4) is 0 Å². The topological polar surface area (TPSA) is 56.7 Å². The van der Waals surface area contributed by atoms with Crippen molar-refractivity contribution in [2.45, 2.75) is 51.4 Å². The molecule has 0 aliphatic heterocycles. The summed E-state index contributed by atoms with van der Waals surface area (Å²) in [5.41, 5.74) is 5.66. The van der Waals surface area contributed by atoms with Crippen LogP contribution in [0.1, 0.15) is 32.0 Å². The van der Waals surface area contributed by atoms with E-state index in [1.54, 1.807) is 4.68 Å². The average Bonchev–Trinajstić information content (AvgIpc) is 2.63. The lowest BCUT2D eigenvalue weighted by Gasteiger charge is -2.13. The van der Waals surface area contributed by atoms with Gasteiger partial charge in [0.2, 0.25) is 0 Å². The Hall–Kier alpha value is -1.11. The zero-order chi connectivity index (χ0) is 12.9. The molecule has 0 aliphatic rings. The number of nitrogens with two attached hydrogens (primary N) is 1. The monoisotopic (exact) mass is 250 g/mol. The van der Waals surface area contributed by atoms with Crippen LogP contribution < -0.4 is 5.73 Å². The summed E-state index contributed by atoms with van der Waals surface area (Å²) in [6.45, 7) is 2.70. The highest BCUT2D eigenvalue weighted by Gasteiger charge is 2.27. The lowest BCUT2D eigenvalue weighted by Crippen LogP contribution is -2.27. The fraction of sp³-hybridized carbons (Fsp3) is 0.800. The van der Waals surface area contributed by atoms with Crippen LogP contribution in [0.25, 0.3) is 0 Å². The lowest BCUT2D eigenvalue weighted by atomic mass is 10.1. The normalized spacial score (nSPS) is 13.9. The van der Waals surface area contributed by atoms with Gasteiger partial charge in [-0.05, 0) is 12.8 Å². The van der Waals surface area contributed by atoms with Crippen molar-refractivity contribution in [3.63, 3.8) is 0 Å². The Morgan fingerprint density at radius 1 is 1.47 bits per heavy atom. The first-order chi connectivity index (χ1) is 7.92. The van der Waals surface area contributed by atoms with Crippen LogP contribution in [0.2, 0.25) is 0 Å². The van der Waals surface area contributed by atoms with Gasteiger partial charge in [0, 0.05) is 25.4 Å². The molecule has 1 rings (SSSR count). The van der Waals surface area contributed by atoms with E-state index in [1.165, 1.54) is 6.33 Å². The number of alkyl halides is 3. The van der Waals surface area contributed by atoms with Crippen molar-refractivity contribution in [1.82, 2.24) is 14.8 Å². The van der Waals surface area contributed by atoms with Crippen LogP contribution in [0, 0.1) is 0 Å². The molecule has 1 aromatic rings. The minimum absolute atomic E-state index is 0.0809. The Bertz CT molecular complexity index is 335. The van der Waals surface area contributed by atoms with Gasteiger partial charge in [0.15, 0.2) is 0 Å². The fourth-order valence-corrected chi connectivity index (χ4v) is 1.53. The SMILES string of the molecule is CCCn1ncnc1CC(N)CCC(F)(F)F. The molecule has 4 nitrogen and oxygen atoms in total. The summed E-state index contributed by atoms with van der Waals surface area (Å²) in [7, 11) is 0. The van der Waals surface area contributed by atoms with Gasteiger partial charge in [-0.1, -0.05) is 6.92 Å². The van der Waals surface area contributed by atoms with E-state index in [0.29, 0.717) is 18.8 Å². The lowest BCUT2D eigenvalue weighted by molar-refractivity contribution is -0.136. The molecule has 0 amide bonds. The maximum Gasteiger partial charge on any atom is 0.389 e. The molecular formula is C10H17F3N4. The Morgan fingerprint density at radius 2 is 2.18 bits per heavy atom. The third kappa shape index (κ3) is 5.16. The number of aromatic nitrogens is 3. The maximum absolute atomic E-state index is 12.0. The van der Waals surface area contributed by atoms with Gasteiger partial charge < -0.3 is 5.73 Å². The van der Waals surface area contributed by atoms with Gasteiger partial charge in [-0.25, -0.2) is 4.98 Å². The van der Waals surface area contributed by atoms with E-state index in [1.807, 2.05) is 6.92 Å². The van der Waals surface area contributed by atoms with E-state index in [9.17, 15) is 13.2 Å². The molecule has 0 radical (unpaired) electrons. The number of rotatable bonds is 6. The molecular weight excluding hydrogens is 233 g/mol. The van der Waals surface area contributed by atoms with Gasteiger partial charge in [0.25, 0.3) is 0 Å². The van der Waals surface area contributed by atoms with Crippen molar-refractivity contribution >= 4 is 0 Å². The van der Waals surface area contributed by atoms with Gasteiger partial charge in [0.1, 0.15) is 12.2 Å². The van der Waals surface area contributed by atoms with E-state index in [4.69, 9.17) is 5.73 Å². The second-order valence-corrected chi connectivity index (χ2v) is 4.02. The summed E-state index contributed by atoms with van der Waals surface area (Å²) in [4.78, 5) is 4.01. The van der Waals surface area contributed by atoms with E-state index in [2.05, 4.69) is 10.1 Å². The Morgan fingerprint density at radius 3 is 2.76 bits per heavy atom. The van der Waals surface area contributed by atoms with Crippen LogP contribution in [0.5, 0.6) is 0 Å². The van der Waals surface area contributed by atoms with E-state index < -0.39 is 18.6 Å². The molecule has 2 N–H and O–H groups in total. The van der Waals surface area contributed by atoms with Gasteiger partial charge in [-0.15, -0.1) is 0 Å². The van der Waals surface area contributed by atoms with Crippen molar-refractivity contribution in [3.05, 3.63) is 12.2 Å². The third-order valence-electron chi connectivity index (χ3n) is 2.37. The van der Waals surface area contributed by atoms with Crippen molar-refractivity contribution in [2.75, 3.05) is 0 Å². The molecule has 0 aliphatic carbocycles. The van der Waals surface area contributed by atoms with Crippen LogP contribution in [-0.2, 0) is 13.0 Å². The van der Waals surface area contributed by atoms with Gasteiger partial charge in [-0.3, -0.25) is 4.68 Å². The van der Waals surface area contributed by atoms with Gasteiger partial charge in [-0.2, -0.15) is 18.3 Å². The van der Waals surface area contributed by atoms with E-state index in [0.717, 1.165) is 6.42 Å². The van der Waals surface area contributed by atoms with Crippen LogP contribution >= 0.6 is 0 Å². The second kappa shape index (κ2) is 6.00. The van der Waals surface area contributed by atoms with Crippen molar-refractivity contribution < 1.29 is 13.2 Å². The first kappa shape index (κ1) is 14.0. The minimum Gasteiger partial charge on any atom is -0.327 e. The molecule has 7 heteroatoms. The summed E-state index contributed by atoms with van der Waals surface area (Å²) in [5.74, 6) is 0.654. The molecule has 0 saturated heterocycles. The number of nitrogens with zero attached hydrogens (tertiary/aromatic N) is 3. The van der Waals surface area contributed by atoms with Crippen molar-refractivity contribution in [2.24, 2.45) is 5.73 Å². The van der Waals surface area contributed by atoms with E-state index in [-0.39, 0.29) is 6.42 Å². The summed E-state index contributed by atoms with van der Waals surface area (Å²) < 4.78 is 37.7. The van der Waals surface area contributed by atoms with Crippen LogP contribution in [0.3, 0.4) is 0 Å². The largest absolute Gasteiger partial charge is 0.389 e. The molecule has 0 spiro atoms. The molecule has 1 heterocycles. The van der Waals surface area contributed by atoms with E-state index >= 15 is 0 Å². The first-order valence-corrected chi connectivity index (χ1v) is 5.61. The second-order valence-electron chi connectivity index (χ2n) is 4.02. The van der Waals surface area contributed by atoms with Crippen LogP contribution in [-0.4, -0.2) is 27.0 Å². The molecule has 17 heavy (non-hydrogen) atoms. The van der Waals surface area contributed by atoms with Gasteiger partial charge in [0.05, 0.1) is 0 Å². The summed E-state index contributed by atoms with van der Waals surface area (Å²) >= 11 is 0. The molecule has 0 saturated carbocycles. The summed E-state index contributed by atoms with van der Waals surface area (Å²) in [6, 6.07) is -0.531. The van der Waals surface area contributed by atoms with Crippen LogP contribution in [0.15, 0.2) is 6.33 Å². The molecule has 98 valence electrons. The predicted octanol–water partition coefficient (Wildman–Crippen LogP) is 1.90. The molecule has 0 aromatic carbocycles. The summed E-state index contributed by atoms with van der Waals surface area (Å²) in [6.07, 6.45) is -2.45. The van der Waals surface area contributed by atoms with Gasteiger partial charge >= 0.3 is 6.18 Å². The Balaban J connectivity index is 2.44. The summed E-state index contributed by atoms with van der Waals surface area (Å²) in [5, 5.41) is 4.00. The Kier molecular flexibility index (Phi) is 4.92. The number of aryl methyl sites for hydroxylation is 1. The van der Waals surface area contributed by atoms with Crippen molar-refractivity contribution in [1.29, 1.82) is 0 Å². The molecule has 1 atom stereocenters. The zero-order valence-electron chi connectivity index (χ0n) is 9.74. The highest BCUT2D eigenvalue weighted by molar-refractivity contribution is 4.89. The molecule has 0 fully saturated rings. The molecule has 0 bridgehead atoms.